The smallest absolute Gasteiger partial charge is 0.140 e. The Kier molecular flexibility index (Phi) is 6.02. The summed E-state index contributed by atoms with van der Waals surface area (Å²) in [5.41, 5.74) is 1.06. The molecule has 0 unspecified atom stereocenters. The Morgan fingerprint density at radius 2 is 1.83 bits per heavy atom. The Hall–Kier alpha value is -1.19. The SMILES string of the molecule is CC(C)C(=O)[C@@H](C)[C@H](O)COCc1ccccc1. The Balaban J connectivity index is 2.33. The molecule has 1 N–H and O–H groups in total. The van der Waals surface area contributed by atoms with Crippen molar-refractivity contribution >= 4 is 5.78 Å². The van der Waals surface area contributed by atoms with Crippen LogP contribution in [0.15, 0.2) is 30.3 Å². The van der Waals surface area contributed by atoms with E-state index in [-0.39, 0.29) is 24.2 Å². The summed E-state index contributed by atoms with van der Waals surface area (Å²) >= 11 is 0. The average molecular weight is 250 g/mol. The van der Waals surface area contributed by atoms with E-state index < -0.39 is 6.10 Å². The molecule has 2 atom stereocenters. The predicted molar refractivity (Wildman–Crippen MR) is 71.1 cm³/mol. The van der Waals surface area contributed by atoms with E-state index in [1.54, 1.807) is 6.92 Å². The van der Waals surface area contributed by atoms with Crippen LogP contribution >= 0.6 is 0 Å². The molecule has 3 heteroatoms. The lowest BCUT2D eigenvalue weighted by molar-refractivity contribution is -0.130. The Bertz CT molecular complexity index is 359. The minimum atomic E-state index is -0.733. The zero-order chi connectivity index (χ0) is 13.5. The largest absolute Gasteiger partial charge is 0.390 e. The summed E-state index contributed by atoms with van der Waals surface area (Å²) in [6.07, 6.45) is -0.733. The molecular formula is C15H22O3. The summed E-state index contributed by atoms with van der Waals surface area (Å²) in [6, 6.07) is 9.77. The Morgan fingerprint density at radius 1 is 1.22 bits per heavy atom. The first kappa shape index (κ1) is 14.9. The van der Waals surface area contributed by atoms with Gasteiger partial charge < -0.3 is 9.84 Å². The zero-order valence-electron chi connectivity index (χ0n) is 11.3. The average Bonchev–Trinajstić information content (AvgIpc) is 2.38. The highest BCUT2D eigenvalue weighted by atomic mass is 16.5. The van der Waals surface area contributed by atoms with Crippen LogP contribution in [0.1, 0.15) is 26.3 Å². The standard InChI is InChI=1S/C15H22O3/c1-11(2)15(17)12(3)14(16)10-18-9-13-7-5-4-6-8-13/h4-8,11-12,14,16H,9-10H2,1-3H3/t12-,14+/m0/s1. The third kappa shape index (κ3) is 4.59. The number of carbonyl (C=O) groups is 1. The van der Waals surface area contributed by atoms with Crippen molar-refractivity contribution in [3.8, 4) is 0 Å². The molecule has 1 aromatic rings. The van der Waals surface area contributed by atoms with Gasteiger partial charge in [-0.15, -0.1) is 0 Å². The highest BCUT2D eigenvalue weighted by Gasteiger charge is 2.23. The molecule has 0 saturated heterocycles. The maximum Gasteiger partial charge on any atom is 0.140 e. The van der Waals surface area contributed by atoms with E-state index in [9.17, 15) is 9.90 Å². The monoisotopic (exact) mass is 250 g/mol. The molecule has 18 heavy (non-hydrogen) atoms. The molecule has 0 aliphatic rings. The highest BCUT2D eigenvalue weighted by Crippen LogP contribution is 2.12. The summed E-state index contributed by atoms with van der Waals surface area (Å²) < 4.78 is 5.43. The van der Waals surface area contributed by atoms with Gasteiger partial charge in [0, 0.05) is 11.8 Å². The van der Waals surface area contributed by atoms with E-state index in [4.69, 9.17) is 4.74 Å². The van der Waals surface area contributed by atoms with Crippen molar-refractivity contribution in [1.82, 2.24) is 0 Å². The molecule has 0 saturated carbocycles. The normalized spacial score (nSPS) is 14.5. The van der Waals surface area contributed by atoms with Gasteiger partial charge in [0.25, 0.3) is 0 Å². The van der Waals surface area contributed by atoms with Crippen molar-refractivity contribution < 1.29 is 14.6 Å². The molecule has 0 heterocycles. The van der Waals surface area contributed by atoms with E-state index in [0.717, 1.165) is 5.56 Å². The maximum atomic E-state index is 11.7. The molecule has 3 nitrogen and oxygen atoms in total. The summed E-state index contributed by atoms with van der Waals surface area (Å²) in [5, 5.41) is 9.87. The van der Waals surface area contributed by atoms with Gasteiger partial charge in [0.2, 0.25) is 0 Å². The third-order valence-corrected chi connectivity index (χ3v) is 3.00. The van der Waals surface area contributed by atoms with Gasteiger partial charge in [0.15, 0.2) is 0 Å². The Morgan fingerprint density at radius 3 is 2.39 bits per heavy atom. The van der Waals surface area contributed by atoms with Crippen molar-refractivity contribution in [2.75, 3.05) is 6.61 Å². The van der Waals surface area contributed by atoms with Crippen molar-refractivity contribution in [3.63, 3.8) is 0 Å². The number of rotatable bonds is 7. The topological polar surface area (TPSA) is 46.5 Å². The Labute approximate surface area is 109 Å². The molecule has 0 fully saturated rings. The van der Waals surface area contributed by atoms with Gasteiger partial charge in [-0.05, 0) is 5.56 Å². The van der Waals surface area contributed by atoms with Crippen LogP contribution in [-0.2, 0) is 16.1 Å². The molecule has 0 amide bonds. The van der Waals surface area contributed by atoms with Crippen LogP contribution in [0.3, 0.4) is 0 Å². The van der Waals surface area contributed by atoms with E-state index in [1.165, 1.54) is 0 Å². The van der Waals surface area contributed by atoms with Crippen LogP contribution in [0.5, 0.6) is 0 Å². The number of ketones is 1. The number of hydrogen-bond donors (Lipinski definition) is 1. The first-order chi connectivity index (χ1) is 8.52. The second-order valence-corrected chi connectivity index (χ2v) is 4.91. The minimum absolute atomic E-state index is 0.0521. The molecule has 0 radical (unpaired) electrons. The van der Waals surface area contributed by atoms with E-state index in [0.29, 0.717) is 6.61 Å². The van der Waals surface area contributed by atoms with Crippen LogP contribution in [0.2, 0.25) is 0 Å². The highest BCUT2D eigenvalue weighted by molar-refractivity contribution is 5.82. The molecular weight excluding hydrogens is 228 g/mol. The molecule has 1 aromatic carbocycles. The van der Waals surface area contributed by atoms with Crippen molar-refractivity contribution in [2.24, 2.45) is 11.8 Å². The van der Waals surface area contributed by atoms with Crippen LogP contribution < -0.4 is 0 Å². The van der Waals surface area contributed by atoms with Gasteiger partial charge in [0.1, 0.15) is 5.78 Å². The molecule has 0 aromatic heterocycles. The van der Waals surface area contributed by atoms with Crippen molar-refractivity contribution in [1.29, 1.82) is 0 Å². The van der Waals surface area contributed by atoms with E-state index in [2.05, 4.69) is 0 Å². The van der Waals surface area contributed by atoms with Crippen LogP contribution in [0.25, 0.3) is 0 Å². The van der Waals surface area contributed by atoms with Crippen molar-refractivity contribution in [3.05, 3.63) is 35.9 Å². The number of Topliss-reactive ketones (excluding diaryl/α,β-unsaturated/α-hetero) is 1. The lowest BCUT2D eigenvalue weighted by Gasteiger charge is -2.19. The minimum Gasteiger partial charge on any atom is -0.390 e. The van der Waals surface area contributed by atoms with Gasteiger partial charge in [-0.2, -0.15) is 0 Å². The molecule has 1 rings (SSSR count). The van der Waals surface area contributed by atoms with Gasteiger partial charge in [0.05, 0.1) is 19.3 Å². The summed E-state index contributed by atoms with van der Waals surface area (Å²) in [4.78, 5) is 11.7. The summed E-state index contributed by atoms with van der Waals surface area (Å²) in [5.74, 6) is -0.352. The van der Waals surface area contributed by atoms with Gasteiger partial charge in [-0.3, -0.25) is 4.79 Å². The fourth-order valence-corrected chi connectivity index (χ4v) is 1.73. The lowest BCUT2D eigenvalue weighted by atomic mass is 9.92. The van der Waals surface area contributed by atoms with Gasteiger partial charge in [-0.1, -0.05) is 51.1 Å². The second-order valence-electron chi connectivity index (χ2n) is 4.91. The lowest BCUT2D eigenvalue weighted by Crippen LogP contribution is -2.32. The zero-order valence-corrected chi connectivity index (χ0v) is 11.3. The van der Waals surface area contributed by atoms with Gasteiger partial charge in [-0.25, -0.2) is 0 Å². The molecule has 0 bridgehead atoms. The van der Waals surface area contributed by atoms with Gasteiger partial charge >= 0.3 is 0 Å². The summed E-state index contributed by atoms with van der Waals surface area (Å²) in [6.45, 7) is 6.08. The van der Waals surface area contributed by atoms with Crippen LogP contribution in [-0.4, -0.2) is 23.6 Å². The second kappa shape index (κ2) is 7.29. The van der Waals surface area contributed by atoms with Crippen molar-refractivity contribution in [2.45, 2.75) is 33.5 Å². The number of hydrogen-bond acceptors (Lipinski definition) is 3. The van der Waals surface area contributed by atoms with Crippen LogP contribution in [0, 0.1) is 11.8 Å². The third-order valence-electron chi connectivity index (χ3n) is 3.00. The summed E-state index contributed by atoms with van der Waals surface area (Å²) in [7, 11) is 0. The molecule has 0 aliphatic heterocycles. The number of ether oxygens (including phenoxy) is 1. The molecule has 0 spiro atoms. The predicted octanol–water partition coefficient (Wildman–Crippen LogP) is 2.43. The fourth-order valence-electron chi connectivity index (χ4n) is 1.73. The number of benzene rings is 1. The van der Waals surface area contributed by atoms with E-state index >= 15 is 0 Å². The van der Waals surface area contributed by atoms with E-state index in [1.807, 2.05) is 44.2 Å². The number of aliphatic hydroxyl groups is 1. The molecule has 0 aliphatic carbocycles. The first-order valence-corrected chi connectivity index (χ1v) is 6.35. The fraction of sp³-hybridized carbons (Fsp3) is 0.533. The number of carbonyl (C=O) groups excluding carboxylic acids is 1. The number of aliphatic hydroxyl groups excluding tert-OH is 1. The van der Waals surface area contributed by atoms with Crippen LogP contribution in [0.4, 0.5) is 0 Å². The first-order valence-electron chi connectivity index (χ1n) is 6.35. The maximum absolute atomic E-state index is 11.7. The quantitative estimate of drug-likeness (QED) is 0.808. The molecule has 100 valence electrons.